The van der Waals surface area contributed by atoms with Gasteiger partial charge < -0.3 is 19.4 Å². The number of carbonyl (C=O) groups is 1. The molecule has 0 saturated carbocycles. The lowest BCUT2D eigenvalue weighted by atomic mass is 9.90. The summed E-state index contributed by atoms with van der Waals surface area (Å²) in [6, 6.07) is 9.27. The summed E-state index contributed by atoms with van der Waals surface area (Å²) >= 11 is 1.62. The Balaban J connectivity index is 1.19. The van der Waals surface area contributed by atoms with E-state index in [9.17, 15) is 9.18 Å². The third-order valence-electron chi connectivity index (χ3n) is 10.4. The number of benzene rings is 1. The van der Waals surface area contributed by atoms with Gasteiger partial charge in [0.25, 0.3) is 5.91 Å². The number of amides is 1. The molecule has 4 aromatic heterocycles. The number of aromatic nitrogens is 4. The second-order valence-electron chi connectivity index (χ2n) is 13.2. The molecule has 1 amide bonds. The predicted octanol–water partition coefficient (Wildman–Crippen LogP) is 7.61. The summed E-state index contributed by atoms with van der Waals surface area (Å²) in [6.45, 7) is 4.12. The van der Waals surface area contributed by atoms with Crippen LogP contribution >= 0.6 is 11.3 Å². The van der Waals surface area contributed by atoms with Crippen LogP contribution in [-0.2, 0) is 17.6 Å². The molecule has 0 spiro atoms. The maximum Gasteiger partial charge on any atom is 0.257 e. The molecule has 1 aromatic carbocycles. The van der Waals surface area contributed by atoms with Crippen molar-refractivity contribution in [3.05, 3.63) is 76.3 Å². The maximum atomic E-state index is 14.2. The monoisotopic (exact) mass is 650 g/mol. The molecule has 4 aliphatic rings. The number of anilines is 1. The lowest BCUT2D eigenvalue weighted by molar-refractivity contribution is 0.0639. The van der Waals surface area contributed by atoms with Crippen molar-refractivity contribution in [2.45, 2.75) is 70.4 Å². The summed E-state index contributed by atoms with van der Waals surface area (Å²) in [5, 5.41) is 13.4. The van der Waals surface area contributed by atoms with Crippen LogP contribution in [0, 0.1) is 18.7 Å². The SMILES string of the molecule is Cc1nnc(-c2c(CCC3CCOCC3)nc3c(c2-c2cc4ccnc(N[C@H]5CCc6cc(F)ccc65)c4s2)C(=O)N2CCC[C@H]32)o1. The summed E-state index contributed by atoms with van der Waals surface area (Å²) in [6.07, 6.45) is 9.23. The van der Waals surface area contributed by atoms with Crippen molar-refractivity contribution in [2.75, 3.05) is 25.1 Å². The number of aryl methyl sites for hydroxylation is 3. The van der Waals surface area contributed by atoms with Gasteiger partial charge in [0.2, 0.25) is 11.8 Å². The molecular formula is C36H35FN6O3S. The summed E-state index contributed by atoms with van der Waals surface area (Å²) < 4.78 is 26.7. The Kier molecular flexibility index (Phi) is 7.08. The molecule has 1 N–H and O–H groups in total. The molecule has 1 aliphatic carbocycles. The van der Waals surface area contributed by atoms with E-state index in [0.29, 0.717) is 23.3 Å². The average molecular weight is 651 g/mol. The third-order valence-corrected chi connectivity index (χ3v) is 11.6. The van der Waals surface area contributed by atoms with Crippen LogP contribution in [0.5, 0.6) is 0 Å². The average Bonchev–Trinajstić information content (AvgIpc) is 3.92. The molecule has 2 atom stereocenters. The molecular weight excluding hydrogens is 616 g/mol. The fourth-order valence-electron chi connectivity index (χ4n) is 8.07. The van der Waals surface area contributed by atoms with Crippen LogP contribution in [0.15, 0.2) is 40.9 Å². The lowest BCUT2D eigenvalue weighted by Crippen LogP contribution is -2.22. The van der Waals surface area contributed by atoms with Crippen molar-refractivity contribution in [3.8, 4) is 21.9 Å². The summed E-state index contributed by atoms with van der Waals surface area (Å²) in [7, 11) is 0. The van der Waals surface area contributed by atoms with E-state index in [1.807, 2.05) is 23.2 Å². The van der Waals surface area contributed by atoms with E-state index < -0.39 is 0 Å². The molecule has 0 radical (unpaired) electrons. The molecule has 9 nitrogen and oxygen atoms in total. The molecule has 0 unspecified atom stereocenters. The van der Waals surface area contributed by atoms with Crippen molar-refractivity contribution in [3.63, 3.8) is 0 Å². The Morgan fingerprint density at radius 1 is 1.06 bits per heavy atom. The van der Waals surface area contributed by atoms with Gasteiger partial charge in [0.05, 0.1) is 39.3 Å². The zero-order valence-electron chi connectivity index (χ0n) is 26.2. The van der Waals surface area contributed by atoms with Gasteiger partial charge in [-0.25, -0.2) is 9.37 Å². The highest BCUT2D eigenvalue weighted by molar-refractivity contribution is 7.23. The maximum absolute atomic E-state index is 14.2. The number of thiophene rings is 1. The number of nitrogens with one attached hydrogen (secondary N) is 1. The predicted molar refractivity (Wildman–Crippen MR) is 177 cm³/mol. The largest absolute Gasteiger partial charge is 0.421 e. The van der Waals surface area contributed by atoms with Gasteiger partial charge >= 0.3 is 0 Å². The summed E-state index contributed by atoms with van der Waals surface area (Å²) in [5.41, 5.74) is 6.23. The minimum atomic E-state index is -0.202. The number of halogens is 1. The normalized spacial score (nSPS) is 20.6. The minimum Gasteiger partial charge on any atom is -0.421 e. The van der Waals surface area contributed by atoms with Gasteiger partial charge in [0.15, 0.2) is 0 Å². The van der Waals surface area contributed by atoms with E-state index in [2.05, 4.69) is 21.6 Å². The molecule has 2 fully saturated rings. The zero-order valence-corrected chi connectivity index (χ0v) is 27.0. The second kappa shape index (κ2) is 11.5. The van der Waals surface area contributed by atoms with E-state index in [4.69, 9.17) is 19.1 Å². The van der Waals surface area contributed by atoms with Crippen molar-refractivity contribution < 1.29 is 18.3 Å². The number of rotatable bonds is 7. The molecule has 0 bridgehead atoms. The number of hydrogen-bond donors (Lipinski definition) is 1. The molecule has 47 heavy (non-hydrogen) atoms. The van der Waals surface area contributed by atoms with E-state index in [1.54, 1.807) is 24.3 Å². The van der Waals surface area contributed by atoms with Crippen molar-refractivity contribution in [2.24, 2.45) is 5.92 Å². The van der Waals surface area contributed by atoms with Crippen LogP contribution in [0.1, 0.15) is 89.4 Å². The van der Waals surface area contributed by atoms with Gasteiger partial charge in [0.1, 0.15) is 11.6 Å². The number of carbonyl (C=O) groups excluding carboxylic acids is 1. The molecule has 7 heterocycles. The third kappa shape index (κ3) is 4.93. The molecule has 2 saturated heterocycles. The van der Waals surface area contributed by atoms with Crippen LogP contribution in [0.2, 0.25) is 0 Å². The first-order chi connectivity index (χ1) is 23.0. The fourth-order valence-corrected chi connectivity index (χ4v) is 9.24. The van der Waals surface area contributed by atoms with Gasteiger partial charge in [-0.2, -0.15) is 0 Å². The Morgan fingerprint density at radius 3 is 2.81 bits per heavy atom. The number of pyridine rings is 2. The summed E-state index contributed by atoms with van der Waals surface area (Å²) in [5.74, 6) is 2.05. The Morgan fingerprint density at radius 2 is 1.96 bits per heavy atom. The number of ether oxygens (including phenoxy) is 1. The highest BCUT2D eigenvalue weighted by Gasteiger charge is 2.45. The zero-order chi connectivity index (χ0) is 31.6. The van der Waals surface area contributed by atoms with Gasteiger partial charge in [-0.1, -0.05) is 6.07 Å². The lowest BCUT2D eigenvalue weighted by Gasteiger charge is -2.22. The number of nitrogens with zero attached hydrogens (tertiary/aromatic N) is 5. The quantitative estimate of drug-likeness (QED) is 0.192. The molecule has 240 valence electrons. The van der Waals surface area contributed by atoms with Gasteiger partial charge in [-0.05, 0) is 98.1 Å². The molecule has 3 aliphatic heterocycles. The highest BCUT2D eigenvalue weighted by Crippen LogP contribution is 2.50. The molecule has 5 aromatic rings. The van der Waals surface area contributed by atoms with Crippen molar-refractivity contribution >= 4 is 33.1 Å². The van der Waals surface area contributed by atoms with Gasteiger partial charge in [-0.3, -0.25) is 9.78 Å². The van der Waals surface area contributed by atoms with Gasteiger partial charge in [-0.15, -0.1) is 21.5 Å². The molecule has 11 heteroatoms. The highest BCUT2D eigenvalue weighted by atomic mass is 32.1. The van der Waals surface area contributed by atoms with Crippen LogP contribution < -0.4 is 5.32 Å². The molecule has 9 rings (SSSR count). The van der Waals surface area contributed by atoms with E-state index in [0.717, 1.165) is 126 Å². The van der Waals surface area contributed by atoms with Gasteiger partial charge in [0, 0.05) is 43.3 Å². The first-order valence-corrected chi connectivity index (χ1v) is 17.5. The summed E-state index contributed by atoms with van der Waals surface area (Å²) in [4.78, 5) is 27.2. The van der Waals surface area contributed by atoms with Crippen molar-refractivity contribution in [1.29, 1.82) is 0 Å². The van der Waals surface area contributed by atoms with Crippen LogP contribution in [0.4, 0.5) is 10.2 Å². The van der Waals surface area contributed by atoms with E-state index in [-0.39, 0.29) is 23.8 Å². The first kappa shape index (κ1) is 29.0. The Hall–Kier alpha value is -4.22. The van der Waals surface area contributed by atoms with E-state index in [1.165, 1.54) is 6.07 Å². The minimum absolute atomic E-state index is 0.00269. The number of fused-ring (bicyclic) bond motifs is 5. The van der Waals surface area contributed by atoms with Crippen LogP contribution in [-0.4, -0.2) is 50.7 Å². The first-order valence-electron chi connectivity index (χ1n) is 16.7. The van der Waals surface area contributed by atoms with Crippen LogP contribution in [0.25, 0.3) is 32.0 Å². The van der Waals surface area contributed by atoms with Crippen molar-refractivity contribution in [1.82, 2.24) is 25.1 Å². The Bertz CT molecular complexity index is 2030. The van der Waals surface area contributed by atoms with Crippen LogP contribution in [0.3, 0.4) is 0 Å². The Labute approximate surface area is 275 Å². The topological polar surface area (TPSA) is 106 Å². The second-order valence-corrected chi connectivity index (χ2v) is 14.3. The smallest absolute Gasteiger partial charge is 0.257 e. The standard InChI is InChI=1S/C36H35FN6O3S/c1-19-41-42-35(46-19)29-26(8-4-20-11-15-45-16-12-20)39-32-27-3-2-14-43(27)36(44)31(32)30(29)28-18-22-10-13-38-34(33(22)47-28)40-25-9-5-21-17-23(37)6-7-24(21)25/h6-7,10,13,17-18,20,25,27H,2-5,8-9,11-12,14-16H2,1H3,(H,38,40)/t25-,27+/m0/s1. The van der Waals surface area contributed by atoms with E-state index >= 15 is 0 Å². The fraction of sp³-hybridized carbons (Fsp3) is 0.417. The number of hydrogen-bond acceptors (Lipinski definition) is 9.